The van der Waals surface area contributed by atoms with E-state index in [0.29, 0.717) is 18.0 Å². The molecule has 0 bridgehead atoms. The number of ether oxygens (including phenoxy) is 2. The fraction of sp³-hybridized carbons (Fsp3) is 0.619. The van der Waals surface area contributed by atoms with E-state index >= 15 is 0 Å². The highest BCUT2D eigenvalue weighted by atomic mass is 35.5. The number of rotatable bonds is 6. The van der Waals surface area contributed by atoms with E-state index in [1.807, 2.05) is 0 Å². The predicted molar refractivity (Wildman–Crippen MR) is 104 cm³/mol. The van der Waals surface area contributed by atoms with Gasteiger partial charge in [0, 0.05) is 26.0 Å². The third-order valence-corrected chi connectivity index (χ3v) is 5.64. The third kappa shape index (κ3) is 4.49. The molecule has 2 aliphatic rings. The SMILES string of the molecule is COC[C@@H](CC(=O)[C@@H]1[C@@H]2C[C@@H]2CN1C(=O)OC(C)(C)C)c1cccc(Cl)c1F. The molecular weight excluding hydrogens is 385 g/mol. The Morgan fingerprint density at radius 1 is 1.36 bits per heavy atom. The van der Waals surface area contributed by atoms with Crippen LogP contribution < -0.4 is 0 Å². The summed E-state index contributed by atoms with van der Waals surface area (Å²) in [5.41, 5.74) is -0.267. The summed E-state index contributed by atoms with van der Waals surface area (Å²) >= 11 is 5.91. The highest BCUT2D eigenvalue weighted by Crippen LogP contribution is 2.50. The van der Waals surface area contributed by atoms with Crippen molar-refractivity contribution >= 4 is 23.5 Å². The molecule has 0 unspecified atom stereocenters. The van der Waals surface area contributed by atoms with Crippen LogP contribution in [-0.2, 0) is 14.3 Å². The lowest BCUT2D eigenvalue weighted by Crippen LogP contribution is -2.46. The molecule has 7 heteroatoms. The van der Waals surface area contributed by atoms with E-state index in [0.717, 1.165) is 6.42 Å². The molecule has 0 radical (unpaired) electrons. The summed E-state index contributed by atoms with van der Waals surface area (Å²) < 4.78 is 25.2. The highest BCUT2D eigenvalue weighted by Gasteiger charge is 2.57. The number of carbonyl (C=O) groups excluding carboxylic acids is 2. The molecule has 154 valence electrons. The Morgan fingerprint density at radius 2 is 2.07 bits per heavy atom. The Morgan fingerprint density at radius 3 is 2.71 bits per heavy atom. The second-order valence-corrected chi connectivity index (χ2v) is 9.11. The van der Waals surface area contributed by atoms with Crippen molar-refractivity contribution in [3.8, 4) is 0 Å². The molecule has 1 saturated heterocycles. The predicted octanol–water partition coefficient (Wildman–Crippen LogP) is 4.42. The average Bonchev–Trinajstić information content (AvgIpc) is 3.25. The lowest BCUT2D eigenvalue weighted by atomic mass is 9.90. The number of benzene rings is 1. The lowest BCUT2D eigenvalue weighted by molar-refractivity contribution is -0.124. The van der Waals surface area contributed by atoms with Gasteiger partial charge in [0.05, 0.1) is 17.7 Å². The van der Waals surface area contributed by atoms with Gasteiger partial charge in [-0.15, -0.1) is 0 Å². The van der Waals surface area contributed by atoms with Crippen LogP contribution in [0.2, 0.25) is 5.02 Å². The Balaban J connectivity index is 1.77. The van der Waals surface area contributed by atoms with Crippen molar-refractivity contribution in [2.75, 3.05) is 20.3 Å². The summed E-state index contributed by atoms with van der Waals surface area (Å²) in [6, 6.07) is 4.25. The van der Waals surface area contributed by atoms with Crippen molar-refractivity contribution in [3.05, 3.63) is 34.6 Å². The van der Waals surface area contributed by atoms with E-state index in [2.05, 4.69) is 0 Å². The molecule has 1 aliphatic carbocycles. The molecule has 0 aromatic heterocycles. The Bertz CT molecular complexity index is 763. The van der Waals surface area contributed by atoms with E-state index in [1.165, 1.54) is 13.2 Å². The largest absolute Gasteiger partial charge is 0.444 e. The molecule has 1 heterocycles. The molecule has 1 amide bonds. The van der Waals surface area contributed by atoms with Gasteiger partial charge in [0.1, 0.15) is 11.4 Å². The molecular formula is C21H27ClFNO4. The van der Waals surface area contributed by atoms with E-state index < -0.39 is 29.5 Å². The number of halogens is 2. The average molecular weight is 412 g/mol. The first-order valence-corrected chi connectivity index (χ1v) is 9.95. The molecule has 1 aliphatic heterocycles. The van der Waals surface area contributed by atoms with Gasteiger partial charge in [0.15, 0.2) is 5.78 Å². The normalized spacial score (nSPS) is 24.6. The van der Waals surface area contributed by atoms with E-state index in [9.17, 15) is 14.0 Å². The zero-order valence-electron chi connectivity index (χ0n) is 16.7. The van der Waals surface area contributed by atoms with Crippen molar-refractivity contribution in [1.82, 2.24) is 4.90 Å². The Kier molecular flexibility index (Phi) is 6.01. The first kappa shape index (κ1) is 21.1. The van der Waals surface area contributed by atoms with Crippen molar-refractivity contribution in [3.63, 3.8) is 0 Å². The Labute approximate surface area is 170 Å². The van der Waals surface area contributed by atoms with Crippen LogP contribution in [0.25, 0.3) is 0 Å². The summed E-state index contributed by atoms with van der Waals surface area (Å²) in [4.78, 5) is 27.3. The van der Waals surface area contributed by atoms with Crippen LogP contribution in [0.5, 0.6) is 0 Å². The van der Waals surface area contributed by atoms with Crippen LogP contribution in [0, 0.1) is 17.7 Å². The minimum absolute atomic E-state index is 0.0181. The summed E-state index contributed by atoms with van der Waals surface area (Å²) in [5.74, 6) is -0.553. The summed E-state index contributed by atoms with van der Waals surface area (Å²) in [5, 5.41) is 0.0181. The second-order valence-electron chi connectivity index (χ2n) is 8.70. The maximum absolute atomic E-state index is 14.5. The zero-order valence-corrected chi connectivity index (χ0v) is 17.5. The van der Waals surface area contributed by atoms with Crippen LogP contribution in [0.1, 0.15) is 45.1 Å². The molecule has 1 aromatic carbocycles. The number of likely N-dealkylation sites (tertiary alicyclic amines) is 1. The summed E-state index contributed by atoms with van der Waals surface area (Å²) in [6.45, 7) is 6.13. The highest BCUT2D eigenvalue weighted by molar-refractivity contribution is 6.30. The van der Waals surface area contributed by atoms with Crippen molar-refractivity contribution in [2.24, 2.45) is 11.8 Å². The molecule has 1 aromatic rings. The van der Waals surface area contributed by atoms with Gasteiger partial charge < -0.3 is 9.47 Å². The number of amides is 1. The number of hydrogen-bond acceptors (Lipinski definition) is 4. The quantitative estimate of drug-likeness (QED) is 0.695. The fourth-order valence-electron chi connectivity index (χ4n) is 4.05. The van der Waals surface area contributed by atoms with Crippen molar-refractivity contribution < 1.29 is 23.5 Å². The molecule has 1 saturated carbocycles. The lowest BCUT2D eigenvalue weighted by Gasteiger charge is -2.30. The van der Waals surface area contributed by atoms with Gasteiger partial charge in [-0.3, -0.25) is 9.69 Å². The molecule has 5 nitrogen and oxygen atoms in total. The standard InChI is InChI=1S/C21H27ClFNO4/c1-21(2,3)28-20(26)24-10-12-8-15(12)19(24)17(25)9-13(11-27-4)14-6-5-7-16(22)18(14)23/h5-7,12-13,15,19H,8-11H2,1-4H3/t12-,13-,15-,19+/m1/s1. The summed E-state index contributed by atoms with van der Waals surface area (Å²) in [7, 11) is 1.51. The van der Waals surface area contributed by atoms with Gasteiger partial charge in [-0.05, 0) is 50.7 Å². The number of ketones is 1. The first-order chi connectivity index (χ1) is 13.1. The number of fused-ring (bicyclic) bond motifs is 1. The van der Waals surface area contributed by atoms with Crippen molar-refractivity contribution in [1.29, 1.82) is 0 Å². The van der Waals surface area contributed by atoms with Crippen LogP contribution in [-0.4, -0.2) is 48.7 Å². The molecule has 28 heavy (non-hydrogen) atoms. The van der Waals surface area contributed by atoms with Gasteiger partial charge in [-0.25, -0.2) is 9.18 Å². The second kappa shape index (κ2) is 7.99. The first-order valence-electron chi connectivity index (χ1n) is 9.57. The molecule has 4 atom stereocenters. The number of nitrogens with zero attached hydrogens (tertiary/aromatic N) is 1. The number of methoxy groups -OCH3 is 1. The topological polar surface area (TPSA) is 55.8 Å². The third-order valence-electron chi connectivity index (χ3n) is 5.34. The maximum Gasteiger partial charge on any atom is 0.410 e. The molecule has 3 rings (SSSR count). The van der Waals surface area contributed by atoms with E-state index in [-0.39, 0.29) is 29.8 Å². The van der Waals surface area contributed by atoms with Crippen LogP contribution in [0.4, 0.5) is 9.18 Å². The van der Waals surface area contributed by atoms with Gasteiger partial charge >= 0.3 is 6.09 Å². The summed E-state index contributed by atoms with van der Waals surface area (Å²) in [6.07, 6.45) is 0.560. The fourth-order valence-corrected chi connectivity index (χ4v) is 4.23. The number of piperidine rings is 1. The van der Waals surface area contributed by atoms with E-state index in [4.69, 9.17) is 21.1 Å². The smallest absolute Gasteiger partial charge is 0.410 e. The van der Waals surface area contributed by atoms with E-state index in [1.54, 1.807) is 37.8 Å². The van der Waals surface area contributed by atoms with Crippen LogP contribution in [0.3, 0.4) is 0 Å². The van der Waals surface area contributed by atoms with Gasteiger partial charge in [0.25, 0.3) is 0 Å². The monoisotopic (exact) mass is 411 g/mol. The molecule has 2 fully saturated rings. The maximum atomic E-state index is 14.5. The minimum Gasteiger partial charge on any atom is -0.444 e. The Hall–Kier alpha value is -1.66. The number of Topliss-reactive ketones (excluding diaryl/α,β-unsaturated/α-hetero) is 1. The van der Waals surface area contributed by atoms with Crippen LogP contribution >= 0.6 is 11.6 Å². The zero-order chi connectivity index (χ0) is 20.6. The van der Waals surface area contributed by atoms with Crippen LogP contribution in [0.15, 0.2) is 18.2 Å². The van der Waals surface area contributed by atoms with Crippen molar-refractivity contribution in [2.45, 2.75) is 51.2 Å². The van der Waals surface area contributed by atoms with Gasteiger partial charge in [-0.2, -0.15) is 0 Å². The molecule has 0 N–H and O–H groups in total. The number of hydrogen-bond donors (Lipinski definition) is 0. The van der Waals surface area contributed by atoms with Gasteiger partial charge in [-0.1, -0.05) is 23.7 Å². The number of carbonyl (C=O) groups is 2. The molecule has 0 spiro atoms. The minimum atomic E-state index is -0.625. The van der Waals surface area contributed by atoms with Gasteiger partial charge in [0.2, 0.25) is 0 Å².